The molecule has 1 aromatic carbocycles. The van der Waals surface area contributed by atoms with Crippen LogP contribution in [0.4, 0.5) is 0 Å². The van der Waals surface area contributed by atoms with Crippen LogP contribution >= 0.6 is 11.3 Å². The van der Waals surface area contributed by atoms with E-state index >= 15 is 0 Å². The van der Waals surface area contributed by atoms with Gasteiger partial charge in [0.25, 0.3) is 5.91 Å². The Morgan fingerprint density at radius 2 is 2.14 bits per heavy atom. The Morgan fingerprint density at radius 1 is 1.21 bits per heavy atom. The molecule has 5 rings (SSSR count). The molecular formula is C22H20N4O2S. The number of amides is 1. The number of fused-ring (bicyclic) bond motifs is 1. The van der Waals surface area contributed by atoms with E-state index in [4.69, 9.17) is 4.52 Å². The maximum Gasteiger partial charge on any atom is 0.265 e. The molecule has 1 aliphatic rings. The summed E-state index contributed by atoms with van der Waals surface area (Å²) >= 11 is 1.38. The number of nitrogens with zero attached hydrogens (tertiary/aromatic N) is 4. The van der Waals surface area contributed by atoms with Crippen LogP contribution in [0.5, 0.6) is 0 Å². The van der Waals surface area contributed by atoms with Crippen molar-refractivity contribution in [3.8, 4) is 21.8 Å². The predicted octanol–water partition coefficient (Wildman–Crippen LogP) is 5.03. The molecule has 0 N–H and O–H groups in total. The van der Waals surface area contributed by atoms with E-state index in [0.717, 1.165) is 35.9 Å². The second-order valence-electron chi connectivity index (χ2n) is 7.36. The minimum Gasteiger partial charge on any atom is -0.356 e. The van der Waals surface area contributed by atoms with Crippen LogP contribution in [0.2, 0.25) is 0 Å². The zero-order chi connectivity index (χ0) is 19.8. The Bertz CT molecular complexity index is 1170. The van der Waals surface area contributed by atoms with Crippen LogP contribution in [0, 0.1) is 0 Å². The van der Waals surface area contributed by atoms with Crippen LogP contribution in [0.15, 0.2) is 53.4 Å². The van der Waals surface area contributed by atoms with Crippen LogP contribution in [0.1, 0.15) is 35.9 Å². The number of hydrogen-bond donors (Lipinski definition) is 0. The lowest BCUT2D eigenvalue weighted by Gasteiger charge is -2.32. The third-order valence-corrected chi connectivity index (χ3v) is 6.44. The molecule has 1 atom stereocenters. The van der Waals surface area contributed by atoms with E-state index < -0.39 is 0 Å². The van der Waals surface area contributed by atoms with E-state index in [1.807, 2.05) is 41.4 Å². The maximum atomic E-state index is 12.9. The summed E-state index contributed by atoms with van der Waals surface area (Å²) in [5.41, 5.74) is 3.40. The normalized spacial score (nSPS) is 17.0. The van der Waals surface area contributed by atoms with Gasteiger partial charge in [0, 0.05) is 30.5 Å². The fourth-order valence-corrected chi connectivity index (χ4v) is 4.70. The standard InChI is InChI=1S/C22H20N4O2S/c1-14-5-2-3-10-26(14)22(27)19-13-24-21(29-19)20-17-8-7-15(11-18(17)28-25-20)16-6-4-9-23-12-16/h4,6-9,11-14H,2-3,5,10H2,1H3. The lowest BCUT2D eigenvalue weighted by molar-refractivity contribution is 0.0640. The molecule has 6 nitrogen and oxygen atoms in total. The number of pyridine rings is 1. The van der Waals surface area contributed by atoms with Gasteiger partial charge >= 0.3 is 0 Å². The van der Waals surface area contributed by atoms with Gasteiger partial charge in [-0.25, -0.2) is 4.98 Å². The topological polar surface area (TPSA) is 72.1 Å². The Hall–Kier alpha value is -3.06. The number of likely N-dealkylation sites (tertiary alicyclic amines) is 1. The smallest absolute Gasteiger partial charge is 0.265 e. The lowest BCUT2D eigenvalue weighted by atomic mass is 10.0. The average molecular weight is 404 g/mol. The van der Waals surface area contributed by atoms with Crippen molar-refractivity contribution in [2.75, 3.05) is 6.54 Å². The average Bonchev–Trinajstić information content (AvgIpc) is 3.41. The summed E-state index contributed by atoms with van der Waals surface area (Å²) in [5.74, 6) is 0.0626. The molecule has 0 bridgehead atoms. The fraction of sp³-hybridized carbons (Fsp3) is 0.273. The first kappa shape index (κ1) is 18.0. The van der Waals surface area contributed by atoms with Crippen molar-refractivity contribution >= 4 is 28.2 Å². The molecule has 3 aromatic heterocycles. The van der Waals surface area contributed by atoms with Crippen LogP contribution in [0.25, 0.3) is 32.8 Å². The summed E-state index contributed by atoms with van der Waals surface area (Å²) in [6, 6.07) is 10.2. The van der Waals surface area contributed by atoms with Crippen molar-refractivity contribution in [1.29, 1.82) is 0 Å². The third-order valence-electron chi connectivity index (χ3n) is 5.45. The Kier molecular flexibility index (Phi) is 4.60. The summed E-state index contributed by atoms with van der Waals surface area (Å²) in [6.45, 7) is 2.93. The zero-order valence-electron chi connectivity index (χ0n) is 16.0. The summed E-state index contributed by atoms with van der Waals surface area (Å²) < 4.78 is 5.57. The number of piperidine rings is 1. The molecule has 146 valence electrons. The number of benzene rings is 1. The van der Waals surface area contributed by atoms with E-state index in [1.54, 1.807) is 12.4 Å². The van der Waals surface area contributed by atoms with Gasteiger partial charge in [-0.15, -0.1) is 11.3 Å². The minimum absolute atomic E-state index is 0.0626. The van der Waals surface area contributed by atoms with Crippen molar-refractivity contribution in [3.63, 3.8) is 0 Å². The quantitative estimate of drug-likeness (QED) is 0.479. The molecule has 1 aliphatic heterocycles. The van der Waals surface area contributed by atoms with Gasteiger partial charge in [0.2, 0.25) is 0 Å². The molecule has 1 saturated heterocycles. The van der Waals surface area contributed by atoms with Crippen LogP contribution in [0.3, 0.4) is 0 Å². The van der Waals surface area contributed by atoms with E-state index in [0.29, 0.717) is 21.2 Å². The summed E-state index contributed by atoms with van der Waals surface area (Å²) in [5, 5.41) is 5.82. The van der Waals surface area contributed by atoms with Gasteiger partial charge in [-0.1, -0.05) is 17.3 Å². The summed E-state index contributed by atoms with van der Waals surface area (Å²) in [4.78, 5) is 24.2. The number of rotatable bonds is 3. The predicted molar refractivity (Wildman–Crippen MR) is 113 cm³/mol. The van der Waals surface area contributed by atoms with Gasteiger partial charge in [0.15, 0.2) is 5.58 Å². The molecule has 1 unspecified atom stereocenters. The van der Waals surface area contributed by atoms with Crippen LogP contribution in [-0.4, -0.2) is 38.5 Å². The van der Waals surface area contributed by atoms with Crippen molar-refractivity contribution in [3.05, 3.63) is 53.8 Å². The second kappa shape index (κ2) is 7.40. The van der Waals surface area contributed by atoms with Crippen molar-refractivity contribution in [1.82, 2.24) is 20.0 Å². The highest BCUT2D eigenvalue weighted by Crippen LogP contribution is 2.34. The van der Waals surface area contributed by atoms with Gasteiger partial charge in [0.05, 0.1) is 11.6 Å². The molecule has 0 spiro atoms. The molecule has 4 aromatic rings. The number of thiazole rings is 1. The number of carbonyl (C=O) groups excluding carboxylic acids is 1. The maximum absolute atomic E-state index is 12.9. The zero-order valence-corrected chi connectivity index (χ0v) is 16.9. The van der Waals surface area contributed by atoms with E-state index in [1.165, 1.54) is 17.8 Å². The SMILES string of the molecule is CC1CCCCN1C(=O)c1cnc(-c2noc3cc(-c4cccnc4)ccc23)s1. The van der Waals surface area contributed by atoms with E-state index in [2.05, 4.69) is 22.0 Å². The molecule has 1 fully saturated rings. The highest BCUT2D eigenvalue weighted by Gasteiger charge is 2.26. The van der Waals surface area contributed by atoms with Gasteiger partial charge in [-0.3, -0.25) is 9.78 Å². The van der Waals surface area contributed by atoms with Crippen molar-refractivity contribution < 1.29 is 9.32 Å². The summed E-state index contributed by atoms with van der Waals surface area (Å²) in [6.07, 6.45) is 8.54. The number of aromatic nitrogens is 3. The number of carbonyl (C=O) groups is 1. The van der Waals surface area contributed by atoms with E-state index in [-0.39, 0.29) is 11.9 Å². The summed E-state index contributed by atoms with van der Waals surface area (Å²) in [7, 11) is 0. The van der Waals surface area contributed by atoms with Crippen molar-refractivity contribution in [2.24, 2.45) is 0 Å². The van der Waals surface area contributed by atoms with Crippen molar-refractivity contribution in [2.45, 2.75) is 32.2 Å². The number of hydrogen-bond acceptors (Lipinski definition) is 6. The second-order valence-corrected chi connectivity index (χ2v) is 8.39. The largest absolute Gasteiger partial charge is 0.356 e. The fourth-order valence-electron chi connectivity index (χ4n) is 3.83. The highest BCUT2D eigenvalue weighted by molar-refractivity contribution is 7.17. The van der Waals surface area contributed by atoms with Crippen LogP contribution in [-0.2, 0) is 0 Å². The molecule has 0 saturated carbocycles. The molecule has 0 aliphatic carbocycles. The molecular weight excluding hydrogens is 384 g/mol. The third kappa shape index (κ3) is 3.31. The van der Waals surface area contributed by atoms with E-state index in [9.17, 15) is 4.79 Å². The molecule has 1 amide bonds. The molecule has 4 heterocycles. The minimum atomic E-state index is 0.0626. The Morgan fingerprint density at radius 3 is 2.97 bits per heavy atom. The van der Waals surface area contributed by atoms with Gasteiger partial charge < -0.3 is 9.42 Å². The molecule has 7 heteroatoms. The monoisotopic (exact) mass is 404 g/mol. The van der Waals surface area contributed by atoms with Gasteiger partial charge in [-0.05, 0) is 49.9 Å². The van der Waals surface area contributed by atoms with Crippen LogP contribution < -0.4 is 0 Å². The van der Waals surface area contributed by atoms with Gasteiger partial charge in [-0.2, -0.15) is 0 Å². The molecule has 29 heavy (non-hydrogen) atoms. The Labute approximate surface area is 172 Å². The first-order chi connectivity index (χ1) is 14.2. The highest BCUT2D eigenvalue weighted by atomic mass is 32.1. The first-order valence-corrected chi connectivity index (χ1v) is 10.6. The van der Waals surface area contributed by atoms with Gasteiger partial charge in [0.1, 0.15) is 15.6 Å². The lowest BCUT2D eigenvalue weighted by Crippen LogP contribution is -2.41. The first-order valence-electron chi connectivity index (χ1n) is 9.78. The molecule has 0 radical (unpaired) electrons. The Balaban J connectivity index is 1.45.